The normalized spacial score (nSPS) is 21.1. The van der Waals surface area contributed by atoms with Crippen LogP contribution in [0.4, 0.5) is 0 Å². The number of aliphatic hydroxyl groups is 1. The zero-order valence-corrected chi connectivity index (χ0v) is 10.4. The Bertz CT molecular complexity index is 553. The second-order valence-electron chi connectivity index (χ2n) is 4.19. The lowest BCUT2D eigenvalue weighted by Gasteiger charge is -2.15. The van der Waals surface area contributed by atoms with Gasteiger partial charge in [0.2, 0.25) is 15.9 Å². The fraction of sp³-hybridized carbons (Fsp3) is 0.364. The first-order valence-corrected chi connectivity index (χ1v) is 6.93. The molecule has 1 fully saturated rings. The van der Waals surface area contributed by atoms with Gasteiger partial charge in [-0.3, -0.25) is 4.79 Å². The SMILES string of the molecule is NC(=O)c1ccc(S(=O)(=O)N2CC[C@H](O)C2)cc1. The Hall–Kier alpha value is -1.44. The summed E-state index contributed by atoms with van der Waals surface area (Å²) in [6.07, 6.45) is -0.164. The van der Waals surface area contributed by atoms with Gasteiger partial charge in [0.15, 0.2) is 0 Å². The summed E-state index contributed by atoms with van der Waals surface area (Å²) < 4.78 is 25.6. The smallest absolute Gasteiger partial charge is 0.248 e. The van der Waals surface area contributed by atoms with Crippen LogP contribution in [0.2, 0.25) is 0 Å². The monoisotopic (exact) mass is 270 g/mol. The molecule has 1 aromatic carbocycles. The van der Waals surface area contributed by atoms with Gasteiger partial charge < -0.3 is 10.8 Å². The Morgan fingerprint density at radius 1 is 1.33 bits per heavy atom. The van der Waals surface area contributed by atoms with Crippen molar-refractivity contribution in [2.45, 2.75) is 17.4 Å². The van der Waals surface area contributed by atoms with Crippen molar-refractivity contribution in [2.24, 2.45) is 5.73 Å². The van der Waals surface area contributed by atoms with Crippen LogP contribution in [0.25, 0.3) is 0 Å². The second kappa shape index (κ2) is 4.68. The Morgan fingerprint density at radius 3 is 2.39 bits per heavy atom. The predicted octanol–water partition coefficient (Wildman–Crippen LogP) is -0.459. The number of nitrogens with zero attached hydrogens (tertiary/aromatic N) is 1. The zero-order valence-electron chi connectivity index (χ0n) is 9.61. The molecule has 0 spiro atoms. The highest BCUT2D eigenvalue weighted by Crippen LogP contribution is 2.21. The fourth-order valence-electron chi connectivity index (χ4n) is 1.87. The van der Waals surface area contributed by atoms with Gasteiger partial charge in [-0.1, -0.05) is 0 Å². The van der Waals surface area contributed by atoms with E-state index in [0.29, 0.717) is 13.0 Å². The Morgan fingerprint density at radius 2 is 1.94 bits per heavy atom. The Labute approximate surface area is 105 Å². The number of benzene rings is 1. The molecule has 0 aromatic heterocycles. The molecule has 1 heterocycles. The topological polar surface area (TPSA) is 101 Å². The van der Waals surface area contributed by atoms with Crippen LogP contribution >= 0.6 is 0 Å². The molecule has 1 atom stereocenters. The van der Waals surface area contributed by atoms with Crippen LogP contribution in [-0.4, -0.2) is 42.9 Å². The van der Waals surface area contributed by atoms with Gasteiger partial charge in [-0.05, 0) is 30.7 Å². The highest BCUT2D eigenvalue weighted by Gasteiger charge is 2.31. The van der Waals surface area contributed by atoms with Crippen LogP contribution in [0, 0.1) is 0 Å². The van der Waals surface area contributed by atoms with Crippen molar-refractivity contribution in [2.75, 3.05) is 13.1 Å². The third-order valence-corrected chi connectivity index (χ3v) is 4.78. The largest absolute Gasteiger partial charge is 0.392 e. The third kappa shape index (κ3) is 2.38. The van der Waals surface area contributed by atoms with E-state index >= 15 is 0 Å². The molecule has 0 unspecified atom stereocenters. The molecule has 1 aliphatic rings. The molecule has 1 aliphatic heterocycles. The van der Waals surface area contributed by atoms with Crippen molar-refractivity contribution in [1.29, 1.82) is 0 Å². The number of hydrogen-bond donors (Lipinski definition) is 2. The van der Waals surface area contributed by atoms with Gasteiger partial charge in [-0.2, -0.15) is 4.31 Å². The molecule has 18 heavy (non-hydrogen) atoms. The van der Waals surface area contributed by atoms with Gasteiger partial charge in [0, 0.05) is 18.7 Å². The minimum Gasteiger partial charge on any atom is -0.392 e. The molecule has 6 nitrogen and oxygen atoms in total. The van der Waals surface area contributed by atoms with E-state index in [-0.39, 0.29) is 17.0 Å². The highest BCUT2D eigenvalue weighted by atomic mass is 32.2. The average molecular weight is 270 g/mol. The van der Waals surface area contributed by atoms with Gasteiger partial charge in [0.25, 0.3) is 0 Å². The Balaban J connectivity index is 2.27. The third-order valence-electron chi connectivity index (χ3n) is 2.90. The number of rotatable bonds is 3. The van der Waals surface area contributed by atoms with Crippen LogP contribution < -0.4 is 5.73 Å². The van der Waals surface area contributed by atoms with Crippen molar-refractivity contribution in [3.8, 4) is 0 Å². The summed E-state index contributed by atoms with van der Waals surface area (Å²) in [5.74, 6) is -0.601. The van der Waals surface area contributed by atoms with Crippen molar-refractivity contribution in [1.82, 2.24) is 4.31 Å². The van der Waals surface area contributed by atoms with E-state index in [4.69, 9.17) is 5.73 Å². The van der Waals surface area contributed by atoms with Crippen molar-refractivity contribution in [3.05, 3.63) is 29.8 Å². The number of hydrogen-bond acceptors (Lipinski definition) is 4. The van der Waals surface area contributed by atoms with E-state index in [1.165, 1.54) is 28.6 Å². The van der Waals surface area contributed by atoms with Crippen molar-refractivity contribution >= 4 is 15.9 Å². The molecule has 98 valence electrons. The summed E-state index contributed by atoms with van der Waals surface area (Å²) >= 11 is 0. The summed E-state index contributed by atoms with van der Waals surface area (Å²) in [7, 11) is -3.59. The maximum atomic E-state index is 12.2. The molecule has 1 amide bonds. The second-order valence-corrected chi connectivity index (χ2v) is 6.13. The molecule has 0 aliphatic carbocycles. The predicted molar refractivity (Wildman–Crippen MR) is 64.3 cm³/mol. The number of β-amino-alcohol motifs (C(OH)–C–C–N with tert-alkyl or cyclic N) is 1. The molecular formula is C11H14N2O4S. The lowest BCUT2D eigenvalue weighted by atomic mass is 10.2. The first-order chi connectivity index (χ1) is 8.41. The number of carbonyl (C=O) groups excluding carboxylic acids is 1. The van der Waals surface area contributed by atoms with Crippen LogP contribution in [0.15, 0.2) is 29.2 Å². The van der Waals surface area contributed by atoms with E-state index in [0.717, 1.165) is 0 Å². The summed E-state index contributed by atoms with van der Waals surface area (Å²) in [6, 6.07) is 5.45. The number of sulfonamides is 1. The zero-order chi connectivity index (χ0) is 13.3. The first-order valence-electron chi connectivity index (χ1n) is 5.49. The summed E-state index contributed by atoms with van der Waals surface area (Å²) in [4.78, 5) is 11.0. The maximum absolute atomic E-state index is 12.2. The van der Waals surface area contributed by atoms with Crippen LogP contribution in [0.1, 0.15) is 16.8 Å². The quantitative estimate of drug-likeness (QED) is 0.776. The minimum absolute atomic E-state index is 0.0987. The van der Waals surface area contributed by atoms with Gasteiger partial charge in [0.1, 0.15) is 0 Å². The van der Waals surface area contributed by atoms with E-state index in [1.807, 2.05) is 0 Å². The fourth-order valence-corrected chi connectivity index (χ4v) is 3.36. The lowest BCUT2D eigenvalue weighted by molar-refractivity contribution is 0.1000. The maximum Gasteiger partial charge on any atom is 0.248 e. The molecule has 1 aromatic rings. The van der Waals surface area contributed by atoms with Gasteiger partial charge in [-0.25, -0.2) is 8.42 Å². The number of carbonyl (C=O) groups is 1. The van der Waals surface area contributed by atoms with Gasteiger partial charge in [-0.15, -0.1) is 0 Å². The van der Waals surface area contributed by atoms with E-state index in [1.54, 1.807) is 0 Å². The van der Waals surface area contributed by atoms with Gasteiger partial charge >= 0.3 is 0 Å². The average Bonchev–Trinajstić information content (AvgIpc) is 2.76. The number of primary amides is 1. The molecule has 1 saturated heterocycles. The number of amides is 1. The molecule has 0 radical (unpaired) electrons. The number of aliphatic hydroxyl groups excluding tert-OH is 1. The molecule has 7 heteroatoms. The Kier molecular flexibility index (Phi) is 3.38. The van der Waals surface area contributed by atoms with Gasteiger partial charge in [0.05, 0.1) is 11.0 Å². The molecular weight excluding hydrogens is 256 g/mol. The highest BCUT2D eigenvalue weighted by molar-refractivity contribution is 7.89. The lowest BCUT2D eigenvalue weighted by Crippen LogP contribution is -2.29. The molecule has 2 rings (SSSR count). The summed E-state index contributed by atoms with van der Waals surface area (Å²) in [5, 5.41) is 9.36. The minimum atomic E-state index is -3.59. The molecule has 0 saturated carbocycles. The van der Waals surface area contributed by atoms with Crippen LogP contribution in [-0.2, 0) is 10.0 Å². The van der Waals surface area contributed by atoms with E-state index < -0.39 is 22.0 Å². The van der Waals surface area contributed by atoms with Crippen molar-refractivity contribution < 1.29 is 18.3 Å². The summed E-state index contributed by atoms with van der Waals surface area (Å²) in [6.45, 7) is 0.418. The molecule has 0 bridgehead atoms. The van der Waals surface area contributed by atoms with Crippen LogP contribution in [0.3, 0.4) is 0 Å². The first kappa shape index (κ1) is 13.0. The number of nitrogens with two attached hydrogens (primary N) is 1. The van der Waals surface area contributed by atoms with Crippen LogP contribution in [0.5, 0.6) is 0 Å². The van der Waals surface area contributed by atoms with E-state index in [2.05, 4.69) is 0 Å². The molecule has 3 N–H and O–H groups in total. The standard InChI is InChI=1S/C11H14N2O4S/c12-11(15)8-1-3-10(4-2-8)18(16,17)13-6-5-9(14)7-13/h1-4,9,14H,5-7H2,(H2,12,15)/t9-/m0/s1. The van der Waals surface area contributed by atoms with Crippen molar-refractivity contribution in [3.63, 3.8) is 0 Å². The van der Waals surface area contributed by atoms with E-state index in [9.17, 15) is 18.3 Å². The summed E-state index contributed by atoms with van der Waals surface area (Å²) in [5.41, 5.74) is 5.34.